The molecule has 0 aromatic rings. The van der Waals surface area contributed by atoms with E-state index < -0.39 is 104 Å². The lowest BCUT2D eigenvalue weighted by molar-refractivity contribution is -0.301. The number of halogens is 12. The van der Waals surface area contributed by atoms with E-state index in [0.29, 0.717) is 0 Å². The molecule has 40 heavy (non-hydrogen) atoms. The Balaban J connectivity index is 3.61. The average molecular weight is 616 g/mol. The van der Waals surface area contributed by atoms with E-state index >= 15 is 0 Å². The molecule has 0 N–H and O–H groups in total. The van der Waals surface area contributed by atoms with Crippen molar-refractivity contribution in [2.45, 2.75) is 103 Å². The number of hydrogen-bond donors (Lipinski definition) is 0. The van der Waals surface area contributed by atoms with Gasteiger partial charge in [0.05, 0.1) is 0 Å². The van der Waals surface area contributed by atoms with Crippen LogP contribution in [0.4, 0.5) is 52.7 Å². The molecular weight excluding hydrogens is 591 g/mol. The average Bonchev–Trinajstić information content (AvgIpc) is 2.80. The largest absolute Gasteiger partial charge is 0.460 e. The van der Waals surface area contributed by atoms with E-state index in [9.17, 15) is 52.7 Å². The van der Waals surface area contributed by atoms with Crippen LogP contribution in [0.15, 0.2) is 0 Å². The summed E-state index contributed by atoms with van der Waals surface area (Å²) in [5.74, 6) is 0. The third-order valence-corrected chi connectivity index (χ3v) is 4.61. The Labute approximate surface area is 222 Å². The van der Waals surface area contributed by atoms with Crippen LogP contribution in [0.25, 0.3) is 0 Å². The molecule has 1 aliphatic rings. The van der Waals surface area contributed by atoms with E-state index in [1.54, 1.807) is 0 Å². The molecule has 24 heteroatoms. The monoisotopic (exact) mass is 616 g/mol. The summed E-state index contributed by atoms with van der Waals surface area (Å²) in [5, 5.41) is 0. The zero-order valence-corrected chi connectivity index (χ0v) is 21.2. The van der Waals surface area contributed by atoms with Gasteiger partial charge in [0.15, 0.2) is 0 Å². The molecule has 0 amide bonds. The highest BCUT2D eigenvalue weighted by Crippen LogP contribution is 2.34. The van der Waals surface area contributed by atoms with Crippen molar-refractivity contribution < 1.29 is 89.9 Å². The van der Waals surface area contributed by atoms with E-state index in [2.05, 4.69) is 37.2 Å². The van der Waals surface area contributed by atoms with Crippen molar-refractivity contribution >= 4 is 28.5 Å². The van der Waals surface area contributed by atoms with Gasteiger partial charge in [-0.25, -0.2) is 0 Å². The first-order valence-electron chi connectivity index (χ1n) is 11.7. The maximum atomic E-state index is 13.6. The second kappa shape index (κ2) is 15.0. The van der Waals surface area contributed by atoms with Crippen LogP contribution >= 0.6 is 0 Å². The van der Waals surface area contributed by atoms with Gasteiger partial charge in [-0.2, -0.15) is 52.7 Å². The van der Waals surface area contributed by atoms with Crippen LogP contribution in [-0.2, 0) is 37.2 Å². The van der Waals surface area contributed by atoms with Crippen molar-refractivity contribution in [1.82, 2.24) is 0 Å². The Hall–Kier alpha value is -0.900. The Kier molecular flexibility index (Phi) is 13.9. The molecule has 0 aromatic heterocycles. The lowest BCUT2D eigenvalue weighted by Crippen LogP contribution is -2.52. The Morgan fingerprint density at radius 1 is 0.350 bits per heavy atom. The normalized spacial score (nSPS) is 26.4. The smallest absolute Gasteiger partial charge is 0.379 e. The molecule has 0 atom stereocenters. The maximum absolute atomic E-state index is 13.6. The molecule has 8 nitrogen and oxygen atoms in total. The molecule has 1 saturated heterocycles. The van der Waals surface area contributed by atoms with Crippen molar-refractivity contribution in [3.05, 3.63) is 0 Å². The molecule has 0 spiro atoms. The minimum absolute atomic E-state index is 0.748. The highest BCUT2D eigenvalue weighted by Gasteiger charge is 2.54. The van der Waals surface area contributed by atoms with E-state index in [0.717, 1.165) is 27.7 Å². The highest BCUT2D eigenvalue weighted by molar-refractivity contribution is 6.47. The van der Waals surface area contributed by atoms with Crippen molar-refractivity contribution in [2.24, 2.45) is 0 Å². The van der Waals surface area contributed by atoms with Gasteiger partial charge in [0.2, 0.25) is 25.2 Å². The Bertz CT molecular complexity index is 601. The van der Waals surface area contributed by atoms with Crippen molar-refractivity contribution in [1.29, 1.82) is 0 Å². The van der Waals surface area contributed by atoms with Crippen LogP contribution in [0.5, 0.6) is 0 Å². The van der Waals surface area contributed by atoms with Crippen LogP contribution in [0, 0.1) is 0 Å². The van der Waals surface area contributed by atoms with Crippen molar-refractivity contribution in [2.75, 3.05) is 0 Å². The van der Waals surface area contributed by atoms with Gasteiger partial charge < -0.3 is 37.2 Å². The first kappa shape index (κ1) is 37.1. The first-order valence-corrected chi connectivity index (χ1v) is 11.7. The minimum atomic E-state index is -5.54. The molecule has 1 fully saturated rings. The fourth-order valence-corrected chi connectivity index (χ4v) is 2.75. The highest BCUT2D eigenvalue weighted by atomic mass is 19.4. The standard InChI is InChI=1S/C16H24B4F12O8/c1-5-17-33-9(13(21,22)23)35-18(6-2)37-11(15(27,28)29)39-20(8-4)40-12(16(30,31)32)38-19(7-3)36-10(34-17)14(24,25)26/h9-12H,5-8H2,1-4H3. The summed E-state index contributed by atoms with van der Waals surface area (Å²) >= 11 is 0. The molecule has 0 unspecified atom stereocenters. The Morgan fingerprint density at radius 2 is 0.475 bits per heavy atom. The summed E-state index contributed by atoms with van der Waals surface area (Å²) < 4.78 is 199. The molecule has 0 bridgehead atoms. The maximum Gasteiger partial charge on any atom is 0.460 e. The van der Waals surface area contributed by atoms with Crippen LogP contribution in [-0.4, -0.2) is 78.3 Å². The van der Waals surface area contributed by atoms with Gasteiger partial charge >= 0.3 is 53.2 Å². The van der Waals surface area contributed by atoms with Crippen molar-refractivity contribution in [3.63, 3.8) is 0 Å². The summed E-state index contributed by atoms with van der Waals surface area (Å²) in [4.78, 5) is 0. The van der Waals surface area contributed by atoms with Crippen LogP contribution in [0.3, 0.4) is 0 Å². The molecule has 0 aliphatic carbocycles. The Morgan fingerprint density at radius 3 is 0.550 bits per heavy atom. The summed E-state index contributed by atoms with van der Waals surface area (Å²) in [6, 6.07) is 0. The molecule has 0 radical (unpaired) electrons. The topological polar surface area (TPSA) is 73.8 Å². The van der Waals surface area contributed by atoms with E-state index in [1.165, 1.54) is 0 Å². The third kappa shape index (κ3) is 12.1. The van der Waals surface area contributed by atoms with Gasteiger partial charge in [0.1, 0.15) is 0 Å². The second-order valence-electron chi connectivity index (χ2n) is 7.93. The lowest BCUT2D eigenvalue weighted by atomic mass is 9.83. The summed E-state index contributed by atoms with van der Waals surface area (Å²) in [7, 11) is -9.80. The van der Waals surface area contributed by atoms with Crippen LogP contribution in [0.1, 0.15) is 27.7 Å². The number of alkyl halides is 12. The SMILES string of the molecule is CCB1OC(C(F)(F)F)OB(CC)OC(C(F)(F)F)OB(CC)OC(C(F)(F)F)OB(CC)OC(C(F)(F)F)O1. The molecular formula is C16H24B4F12O8. The van der Waals surface area contributed by atoms with Gasteiger partial charge in [0.25, 0.3) is 0 Å². The van der Waals surface area contributed by atoms with E-state index in [4.69, 9.17) is 0 Å². The summed E-state index contributed by atoms with van der Waals surface area (Å²) in [6.07, 6.45) is -39.1. The molecule has 0 aromatic carbocycles. The first-order chi connectivity index (χ1) is 18.1. The quantitative estimate of drug-likeness (QED) is 0.294. The molecule has 1 heterocycles. The van der Waals surface area contributed by atoms with Crippen LogP contribution in [0.2, 0.25) is 25.3 Å². The third-order valence-electron chi connectivity index (χ3n) is 4.61. The predicted molar refractivity (Wildman–Crippen MR) is 113 cm³/mol. The zero-order valence-electron chi connectivity index (χ0n) is 21.2. The summed E-state index contributed by atoms with van der Waals surface area (Å²) in [5.41, 5.74) is 0. The minimum Gasteiger partial charge on any atom is -0.379 e. The fourth-order valence-electron chi connectivity index (χ4n) is 2.75. The number of rotatable bonds is 4. The van der Waals surface area contributed by atoms with E-state index in [-0.39, 0.29) is 0 Å². The summed E-state index contributed by atoms with van der Waals surface area (Å²) in [6.45, 7) is 3.99. The zero-order chi connectivity index (χ0) is 31.1. The van der Waals surface area contributed by atoms with Gasteiger partial charge in [-0.15, -0.1) is 0 Å². The molecule has 232 valence electrons. The lowest BCUT2D eigenvalue weighted by Gasteiger charge is -2.34. The van der Waals surface area contributed by atoms with Gasteiger partial charge in [0, 0.05) is 0 Å². The van der Waals surface area contributed by atoms with Crippen LogP contribution < -0.4 is 0 Å². The predicted octanol–water partition coefficient (Wildman–Crippen LogP) is 5.72. The fraction of sp³-hybridized carbons (Fsp3) is 1.00. The second-order valence-corrected chi connectivity index (χ2v) is 7.93. The van der Waals surface area contributed by atoms with E-state index in [1.807, 2.05) is 0 Å². The van der Waals surface area contributed by atoms with Gasteiger partial charge in [-0.05, 0) is 25.3 Å². The molecule has 0 saturated carbocycles. The van der Waals surface area contributed by atoms with Gasteiger partial charge in [-0.3, -0.25) is 0 Å². The molecule has 1 rings (SSSR count). The van der Waals surface area contributed by atoms with Crippen molar-refractivity contribution in [3.8, 4) is 0 Å². The van der Waals surface area contributed by atoms with Gasteiger partial charge in [-0.1, -0.05) is 27.7 Å². The number of hydrogen-bond acceptors (Lipinski definition) is 8. The molecule has 1 aliphatic heterocycles.